The number of hydrogen-bond donors (Lipinski definition) is 0. The van der Waals surface area contributed by atoms with Crippen LogP contribution in [0.3, 0.4) is 0 Å². The predicted octanol–water partition coefficient (Wildman–Crippen LogP) is 8.62. The molecule has 3 nitrogen and oxygen atoms in total. The molecule has 0 aliphatic heterocycles. The molecule has 0 saturated heterocycles. The SMILES string of the molecule is CC(C)(C)CN(CC(C)(C)C)[C](N(CC(C)(C)C)CC(C)(C)C)N(CC(C)(C)C)CC(C)(C)C. The topological polar surface area (TPSA) is 9.72 Å². The van der Waals surface area contributed by atoms with Crippen LogP contribution in [0, 0.1) is 38.8 Å². The summed E-state index contributed by atoms with van der Waals surface area (Å²) in [4.78, 5) is 8.24. The molecule has 0 aliphatic rings. The average molecular weight is 481 g/mol. The van der Waals surface area contributed by atoms with E-state index in [2.05, 4.69) is 139 Å². The quantitative estimate of drug-likeness (QED) is 0.327. The fourth-order valence-electron chi connectivity index (χ4n) is 4.63. The van der Waals surface area contributed by atoms with Crippen molar-refractivity contribution in [3.63, 3.8) is 0 Å². The molecule has 0 aromatic rings. The van der Waals surface area contributed by atoms with Gasteiger partial charge in [0.1, 0.15) is 0 Å². The van der Waals surface area contributed by atoms with Gasteiger partial charge >= 0.3 is 0 Å². The van der Waals surface area contributed by atoms with Crippen LogP contribution in [0.1, 0.15) is 125 Å². The monoisotopic (exact) mass is 481 g/mol. The van der Waals surface area contributed by atoms with Crippen LogP contribution in [0.4, 0.5) is 0 Å². The molecule has 205 valence electrons. The molecule has 0 aromatic carbocycles. The van der Waals surface area contributed by atoms with Crippen LogP contribution in [0.5, 0.6) is 0 Å². The minimum Gasteiger partial charge on any atom is -0.268 e. The van der Waals surface area contributed by atoms with Gasteiger partial charge in [0, 0.05) is 39.3 Å². The first-order valence-corrected chi connectivity index (χ1v) is 13.7. The van der Waals surface area contributed by atoms with Gasteiger partial charge in [0.15, 0.2) is 6.29 Å². The summed E-state index contributed by atoms with van der Waals surface area (Å²) in [6, 6.07) is 0. The van der Waals surface area contributed by atoms with Gasteiger partial charge in [-0.1, -0.05) is 125 Å². The van der Waals surface area contributed by atoms with Gasteiger partial charge < -0.3 is 0 Å². The second kappa shape index (κ2) is 11.5. The first-order valence-electron chi connectivity index (χ1n) is 13.7. The zero-order valence-electron chi connectivity index (χ0n) is 27.1. The van der Waals surface area contributed by atoms with E-state index in [1.54, 1.807) is 0 Å². The van der Waals surface area contributed by atoms with Crippen molar-refractivity contribution in [2.45, 2.75) is 125 Å². The summed E-state index contributed by atoms with van der Waals surface area (Å²) in [5.74, 6) is 0. The molecule has 34 heavy (non-hydrogen) atoms. The molecule has 0 aliphatic carbocycles. The Kier molecular flexibility index (Phi) is 11.5. The standard InChI is InChI=1S/C31H66N3/c1-26(2,3)19-32(20-27(4,5)6)25(33(21-28(7,8)9)22-29(10,11)12)34(23-30(13,14)15)24-31(16,17)18/h19-24H2,1-18H3. The van der Waals surface area contributed by atoms with Crippen LogP contribution in [0.2, 0.25) is 0 Å². The van der Waals surface area contributed by atoms with E-state index in [4.69, 9.17) is 0 Å². The minimum atomic E-state index is 0.209. The minimum absolute atomic E-state index is 0.209. The predicted molar refractivity (Wildman–Crippen MR) is 155 cm³/mol. The van der Waals surface area contributed by atoms with Crippen molar-refractivity contribution in [2.75, 3.05) is 39.3 Å². The van der Waals surface area contributed by atoms with Crippen LogP contribution in [-0.2, 0) is 0 Å². The molecule has 0 spiro atoms. The number of nitrogens with zero attached hydrogens (tertiary/aromatic N) is 3. The Morgan fingerprint density at radius 1 is 0.294 bits per heavy atom. The molecule has 0 saturated carbocycles. The Bertz CT molecular complexity index is 446. The van der Waals surface area contributed by atoms with Gasteiger partial charge in [-0.25, -0.2) is 0 Å². The Morgan fingerprint density at radius 2 is 0.412 bits per heavy atom. The lowest BCUT2D eigenvalue weighted by Gasteiger charge is -2.52. The summed E-state index contributed by atoms with van der Waals surface area (Å²) in [7, 11) is 0. The maximum absolute atomic E-state index is 2.74. The third-order valence-electron chi connectivity index (χ3n) is 4.84. The lowest BCUT2D eigenvalue weighted by molar-refractivity contribution is -0.0498. The summed E-state index contributed by atoms with van der Waals surface area (Å²) < 4.78 is 0. The summed E-state index contributed by atoms with van der Waals surface area (Å²) in [5.41, 5.74) is 1.25. The third kappa shape index (κ3) is 17.3. The zero-order chi connectivity index (χ0) is 27.6. The van der Waals surface area contributed by atoms with E-state index in [1.807, 2.05) is 0 Å². The van der Waals surface area contributed by atoms with Crippen molar-refractivity contribution in [1.82, 2.24) is 14.7 Å². The molecular weight excluding hydrogens is 414 g/mol. The fourth-order valence-corrected chi connectivity index (χ4v) is 4.63. The number of hydrogen-bond acceptors (Lipinski definition) is 3. The van der Waals surface area contributed by atoms with Gasteiger partial charge in [-0.3, -0.25) is 14.7 Å². The first kappa shape index (κ1) is 33.9. The fraction of sp³-hybridized carbons (Fsp3) is 0.968. The van der Waals surface area contributed by atoms with Crippen molar-refractivity contribution in [3.8, 4) is 0 Å². The third-order valence-corrected chi connectivity index (χ3v) is 4.84. The molecule has 0 atom stereocenters. The van der Waals surface area contributed by atoms with Crippen LogP contribution >= 0.6 is 0 Å². The molecule has 0 N–H and O–H groups in total. The van der Waals surface area contributed by atoms with Crippen LogP contribution in [0.25, 0.3) is 0 Å². The van der Waals surface area contributed by atoms with E-state index in [9.17, 15) is 0 Å². The lowest BCUT2D eigenvalue weighted by Crippen LogP contribution is -2.59. The van der Waals surface area contributed by atoms with Gasteiger partial charge in [-0.05, 0) is 32.5 Å². The highest BCUT2D eigenvalue weighted by Gasteiger charge is 2.41. The Labute approximate surface area is 217 Å². The summed E-state index contributed by atoms with van der Waals surface area (Å²) in [6.45, 7) is 49.2. The maximum Gasteiger partial charge on any atom is 0.179 e. The lowest BCUT2D eigenvalue weighted by atomic mass is 9.89. The highest BCUT2D eigenvalue weighted by Crippen LogP contribution is 2.36. The molecule has 0 fully saturated rings. The largest absolute Gasteiger partial charge is 0.268 e. The van der Waals surface area contributed by atoms with Crippen molar-refractivity contribution in [2.24, 2.45) is 32.5 Å². The zero-order valence-corrected chi connectivity index (χ0v) is 27.1. The van der Waals surface area contributed by atoms with E-state index in [0.717, 1.165) is 39.3 Å². The van der Waals surface area contributed by atoms with E-state index >= 15 is 0 Å². The van der Waals surface area contributed by atoms with Gasteiger partial charge in [0.2, 0.25) is 0 Å². The van der Waals surface area contributed by atoms with Gasteiger partial charge in [-0.15, -0.1) is 0 Å². The van der Waals surface area contributed by atoms with Crippen LogP contribution < -0.4 is 0 Å². The Morgan fingerprint density at radius 3 is 0.500 bits per heavy atom. The second-order valence-electron chi connectivity index (χ2n) is 18.2. The average Bonchev–Trinajstić information content (AvgIpc) is 2.35. The van der Waals surface area contributed by atoms with Crippen molar-refractivity contribution >= 4 is 0 Å². The smallest absolute Gasteiger partial charge is 0.179 e. The molecule has 0 heterocycles. The molecule has 0 amide bonds. The van der Waals surface area contributed by atoms with E-state index in [-0.39, 0.29) is 32.5 Å². The molecule has 3 heteroatoms. The molecule has 0 rings (SSSR count). The first-order chi connectivity index (χ1) is 14.6. The normalized spacial score (nSPS) is 15.4. The van der Waals surface area contributed by atoms with Gasteiger partial charge in [-0.2, -0.15) is 0 Å². The maximum atomic E-state index is 2.74. The van der Waals surface area contributed by atoms with E-state index < -0.39 is 0 Å². The Hall–Kier alpha value is -0.120. The molecule has 0 bridgehead atoms. The highest BCUT2D eigenvalue weighted by molar-refractivity contribution is 4.98. The van der Waals surface area contributed by atoms with E-state index in [0.29, 0.717) is 0 Å². The molecule has 0 aromatic heterocycles. The summed E-state index contributed by atoms with van der Waals surface area (Å²) >= 11 is 0. The Balaban J connectivity index is 6.98. The van der Waals surface area contributed by atoms with Crippen molar-refractivity contribution in [1.29, 1.82) is 0 Å². The van der Waals surface area contributed by atoms with Crippen molar-refractivity contribution < 1.29 is 0 Å². The number of rotatable bonds is 9. The van der Waals surface area contributed by atoms with Crippen LogP contribution in [0.15, 0.2) is 0 Å². The van der Waals surface area contributed by atoms with Crippen LogP contribution in [-0.4, -0.2) is 54.0 Å². The van der Waals surface area contributed by atoms with Crippen molar-refractivity contribution in [3.05, 3.63) is 6.29 Å². The van der Waals surface area contributed by atoms with Gasteiger partial charge in [0.25, 0.3) is 0 Å². The second-order valence-corrected chi connectivity index (χ2v) is 18.2. The summed E-state index contributed by atoms with van der Waals surface area (Å²) in [5, 5.41) is 0. The highest BCUT2D eigenvalue weighted by atomic mass is 15.5. The molecule has 0 unspecified atom stereocenters. The molecular formula is C31H66N3. The van der Waals surface area contributed by atoms with Gasteiger partial charge in [0.05, 0.1) is 0 Å². The van der Waals surface area contributed by atoms with E-state index in [1.165, 1.54) is 6.29 Å². The molecule has 1 radical (unpaired) electrons. The summed E-state index contributed by atoms with van der Waals surface area (Å²) in [6.07, 6.45) is 1.44.